The highest BCUT2D eigenvalue weighted by Crippen LogP contribution is 2.26. The molecule has 1 N–H and O–H groups in total. The van der Waals surface area contributed by atoms with E-state index in [1.807, 2.05) is 0 Å². The summed E-state index contributed by atoms with van der Waals surface area (Å²) < 4.78 is 27.1. The summed E-state index contributed by atoms with van der Waals surface area (Å²) in [5.74, 6) is 0. The van der Waals surface area contributed by atoms with Gasteiger partial charge in [0, 0.05) is 12.4 Å². The second kappa shape index (κ2) is 2.99. The molecule has 6 nitrogen and oxygen atoms in total. The molecular weight excluding hydrogens is 228 g/mol. The molecular formula is C9H6N4O2S. The quantitative estimate of drug-likeness (QED) is 0.770. The van der Waals surface area contributed by atoms with Gasteiger partial charge in [-0.1, -0.05) is 0 Å². The minimum absolute atomic E-state index is 0.139. The van der Waals surface area contributed by atoms with E-state index in [9.17, 15) is 8.42 Å². The summed E-state index contributed by atoms with van der Waals surface area (Å²) in [6.45, 7) is 0. The van der Waals surface area contributed by atoms with E-state index < -0.39 is 10.0 Å². The molecule has 80 valence electrons. The summed E-state index contributed by atoms with van der Waals surface area (Å²) in [6.07, 6.45) is 3.07. The van der Waals surface area contributed by atoms with Crippen LogP contribution in [0.25, 0.3) is 0 Å². The fraction of sp³-hybridized carbons (Fsp3) is 0. The Kier molecular flexibility index (Phi) is 1.72. The van der Waals surface area contributed by atoms with Crippen molar-refractivity contribution in [2.24, 2.45) is 4.40 Å². The van der Waals surface area contributed by atoms with Gasteiger partial charge in [0.25, 0.3) is 10.0 Å². The summed E-state index contributed by atoms with van der Waals surface area (Å²) in [5, 5.41) is 6.43. The van der Waals surface area contributed by atoms with Crippen LogP contribution in [0.15, 0.2) is 39.9 Å². The Morgan fingerprint density at radius 3 is 2.81 bits per heavy atom. The predicted octanol–water partition coefficient (Wildman–Crippen LogP) is 0.344. The number of aromatic amines is 1. The lowest BCUT2D eigenvalue weighted by atomic mass is 10.2. The average Bonchev–Trinajstić information content (AvgIpc) is 2.86. The number of sulfonamides is 1. The fourth-order valence-electron chi connectivity index (χ4n) is 1.55. The Morgan fingerprint density at radius 1 is 1.19 bits per heavy atom. The number of nitrogens with one attached hydrogen (secondary N) is 1. The number of hydrogen-bond donors (Lipinski definition) is 1. The molecule has 1 aliphatic heterocycles. The van der Waals surface area contributed by atoms with E-state index in [-0.39, 0.29) is 4.90 Å². The van der Waals surface area contributed by atoms with Crippen LogP contribution in [0.5, 0.6) is 0 Å². The van der Waals surface area contributed by atoms with Gasteiger partial charge in [0.2, 0.25) is 0 Å². The molecule has 0 radical (unpaired) electrons. The third kappa shape index (κ3) is 1.18. The van der Waals surface area contributed by atoms with Crippen LogP contribution >= 0.6 is 0 Å². The predicted molar refractivity (Wildman–Crippen MR) is 55.6 cm³/mol. The molecule has 0 saturated heterocycles. The van der Waals surface area contributed by atoms with Crippen molar-refractivity contribution in [3.05, 3.63) is 42.0 Å². The first-order valence-electron chi connectivity index (χ1n) is 4.48. The largest absolute Gasteiger partial charge is 0.285 e. The Morgan fingerprint density at radius 2 is 2.06 bits per heavy atom. The van der Waals surface area contributed by atoms with E-state index in [1.54, 1.807) is 12.1 Å². The molecule has 3 heterocycles. The average molecular weight is 234 g/mol. The summed E-state index contributed by atoms with van der Waals surface area (Å²) in [5.41, 5.74) is 1.22. The molecule has 16 heavy (non-hydrogen) atoms. The minimum Gasteiger partial charge on any atom is -0.276 e. The second-order valence-electron chi connectivity index (χ2n) is 3.24. The molecule has 0 bridgehead atoms. The van der Waals surface area contributed by atoms with Gasteiger partial charge in [-0.2, -0.15) is 17.9 Å². The minimum atomic E-state index is -3.60. The molecule has 1 aliphatic rings. The standard InChI is InChI=1S/C9H6N4O2S/c14-16(15)7-2-1-4-10-9(7)8(13-16)6-3-5-11-12-6/h1-5H,(H,11,12). The number of rotatable bonds is 1. The molecule has 3 rings (SSSR count). The zero-order valence-electron chi connectivity index (χ0n) is 7.95. The smallest absolute Gasteiger partial charge is 0.276 e. The maximum absolute atomic E-state index is 11.7. The first kappa shape index (κ1) is 9.22. The van der Waals surface area contributed by atoms with Gasteiger partial charge < -0.3 is 0 Å². The molecule has 0 saturated carbocycles. The monoisotopic (exact) mass is 234 g/mol. The summed E-state index contributed by atoms with van der Waals surface area (Å²) in [6, 6.07) is 4.71. The topological polar surface area (TPSA) is 88.1 Å². The zero-order valence-corrected chi connectivity index (χ0v) is 8.77. The Balaban J connectivity index is 2.31. The molecule has 0 aliphatic carbocycles. The molecule has 2 aromatic heterocycles. The SMILES string of the molecule is O=S1(=O)N=C(c2ccn[nH]2)c2ncccc21. The second-order valence-corrected chi connectivity index (χ2v) is 4.81. The molecule has 7 heteroatoms. The van der Waals surface area contributed by atoms with Crippen molar-refractivity contribution in [3.8, 4) is 0 Å². The first-order chi connectivity index (χ1) is 7.68. The molecule has 0 unspecified atom stereocenters. The van der Waals surface area contributed by atoms with Gasteiger partial charge >= 0.3 is 0 Å². The van der Waals surface area contributed by atoms with Gasteiger partial charge in [0.05, 0.1) is 5.69 Å². The van der Waals surface area contributed by atoms with Gasteiger partial charge in [-0.15, -0.1) is 0 Å². The van der Waals surface area contributed by atoms with Crippen LogP contribution in [0, 0.1) is 0 Å². The lowest BCUT2D eigenvalue weighted by Gasteiger charge is -1.96. The number of pyridine rings is 1. The van der Waals surface area contributed by atoms with Crippen LogP contribution in [0.1, 0.15) is 11.4 Å². The van der Waals surface area contributed by atoms with Gasteiger partial charge in [-0.05, 0) is 18.2 Å². The van der Waals surface area contributed by atoms with Crippen LogP contribution in [0.2, 0.25) is 0 Å². The van der Waals surface area contributed by atoms with E-state index in [0.29, 0.717) is 17.1 Å². The molecule has 0 spiro atoms. The summed E-state index contributed by atoms with van der Waals surface area (Å²) in [4.78, 5) is 4.17. The number of hydrogen-bond acceptors (Lipinski definition) is 4. The third-order valence-corrected chi connectivity index (χ3v) is 3.55. The van der Waals surface area contributed by atoms with Crippen molar-refractivity contribution in [2.75, 3.05) is 0 Å². The van der Waals surface area contributed by atoms with Gasteiger partial charge in [-0.3, -0.25) is 10.1 Å². The van der Waals surface area contributed by atoms with E-state index in [0.717, 1.165) is 0 Å². The maximum Gasteiger partial charge on any atom is 0.285 e. The van der Waals surface area contributed by atoms with E-state index in [2.05, 4.69) is 19.6 Å². The summed E-state index contributed by atoms with van der Waals surface area (Å²) in [7, 11) is -3.60. The maximum atomic E-state index is 11.7. The van der Waals surface area contributed by atoms with Gasteiger partial charge in [0.1, 0.15) is 16.3 Å². The zero-order chi connectivity index (χ0) is 11.2. The van der Waals surface area contributed by atoms with Crippen LogP contribution in [0.4, 0.5) is 0 Å². The van der Waals surface area contributed by atoms with Crippen LogP contribution in [0.3, 0.4) is 0 Å². The van der Waals surface area contributed by atoms with Crippen molar-refractivity contribution >= 4 is 15.7 Å². The van der Waals surface area contributed by atoms with Crippen molar-refractivity contribution in [2.45, 2.75) is 4.90 Å². The highest BCUT2D eigenvalue weighted by Gasteiger charge is 2.31. The van der Waals surface area contributed by atoms with E-state index >= 15 is 0 Å². The van der Waals surface area contributed by atoms with Crippen LogP contribution < -0.4 is 0 Å². The molecule has 2 aromatic rings. The summed E-state index contributed by atoms with van der Waals surface area (Å²) >= 11 is 0. The van der Waals surface area contributed by atoms with Crippen LogP contribution in [-0.4, -0.2) is 29.3 Å². The molecule has 0 aromatic carbocycles. The normalized spacial score (nSPS) is 16.9. The van der Waals surface area contributed by atoms with Gasteiger partial charge in [-0.25, -0.2) is 0 Å². The molecule has 0 amide bonds. The Labute approximate surface area is 91.1 Å². The first-order valence-corrected chi connectivity index (χ1v) is 5.92. The third-order valence-electron chi connectivity index (χ3n) is 2.24. The Bertz CT molecular complexity index is 673. The van der Waals surface area contributed by atoms with Crippen LogP contribution in [-0.2, 0) is 10.0 Å². The van der Waals surface area contributed by atoms with Crippen molar-refractivity contribution < 1.29 is 8.42 Å². The number of fused-ring (bicyclic) bond motifs is 1. The van der Waals surface area contributed by atoms with Crippen molar-refractivity contribution in [1.82, 2.24) is 15.2 Å². The highest BCUT2D eigenvalue weighted by molar-refractivity contribution is 7.90. The lowest BCUT2D eigenvalue weighted by molar-refractivity contribution is 0.599. The lowest BCUT2D eigenvalue weighted by Crippen LogP contribution is -2.03. The van der Waals surface area contributed by atoms with Crippen molar-refractivity contribution in [3.63, 3.8) is 0 Å². The molecule has 0 atom stereocenters. The van der Waals surface area contributed by atoms with E-state index in [4.69, 9.17) is 0 Å². The molecule has 0 fully saturated rings. The van der Waals surface area contributed by atoms with E-state index in [1.165, 1.54) is 18.5 Å². The number of nitrogens with zero attached hydrogens (tertiary/aromatic N) is 3. The van der Waals surface area contributed by atoms with Gasteiger partial charge in [0.15, 0.2) is 0 Å². The highest BCUT2D eigenvalue weighted by atomic mass is 32.2. The number of H-pyrrole nitrogens is 1. The fourth-order valence-corrected chi connectivity index (χ4v) is 2.72. The van der Waals surface area contributed by atoms with Crippen molar-refractivity contribution in [1.29, 1.82) is 0 Å². The Hall–Kier alpha value is -2.02. The number of aromatic nitrogens is 3.